The van der Waals surface area contributed by atoms with Gasteiger partial charge in [0.05, 0.1) is 31.1 Å². The first-order valence-electron chi connectivity index (χ1n) is 7.69. The number of carbonyl (C=O) groups is 1. The average molecular weight is 328 g/mol. The molecular weight excluding hydrogens is 308 g/mol. The first-order chi connectivity index (χ1) is 11.5. The van der Waals surface area contributed by atoms with Gasteiger partial charge in [0.15, 0.2) is 5.60 Å². The highest BCUT2D eigenvalue weighted by atomic mass is 16.7. The van der Waals surface area contributed by atoms with Crippen LogP contribution in [0.25, 0.3) is 5.69 Å². The highest BCUT2D eigenvalue weighted by Crippen LogP contribution is 2.23. The van der Waals surface area contributed by atoms with E-state index in [0.717, 1.165) is 11.4 Å². The molecule has 24 heavy (non-hydrogen) atoms. The molecule has 0 aliphatic carbocycles. The quantitative estimate of drug-likeness (QED) is 0.912. The molecule has 0 fully saturated rings. The topological polar surface area (TPSA) is 77.7 Å². The number of rotatable bonds is 5. The number of ether oxygens (including phenoxy) is 1. The number of amides is 1. The van der Waals surface area contributed by atoms with Crippen molar-refractivity contribution < 1.29 is 14.4 Å². The molecular formula is C17H20N4O3. The van der Waals surface area contributed by atoms with Gasteiger partial charge in [-0.1, -0.05) is 17.3 Å². The van der Waals surface area contributed by atoms with E-state index in [9.17, 15) is 4.79 Å². The number of nitrogens with zero attached hydrogens (tertiary/aromatic N) is 3. The summed E-state index contributed by atoms with van der Waals surface area (Å²) in [6.07, 6.45) is 3.90. The maximum Gasteiger partial charge on any atom is 0.254 e. The number of methoxy groups -OCH3 is 1. The summed E-state index contributed by atoms with van der Waals surface area (Å²) in [5, 5.41) is 11.1. The van der Waals surface area contributed by atoms with E-state index in [-0.39, 0.29) is 5.91 Å². The Morgan fingerprint density at radius 3 is 2.96 bits per heavy atom. The molecule has 7 nitrogen and oxygen atoms in total. The average Bonchev–Trinajstić information content (AvgIpc) is 3.20. The Balaban J connectivity index is 1.68. The Bertz CT molecular complexity index is 784. The predicted octanol–water partition coefficient (Wildman–Crippen LogP) is 2.17. The van der Waals surface area contributed by atoms with Gasteiger partial charge < -0.3 is 14.9 Å². The Labute approximate surface area is 140 Å². The maximum atomic E-state index is 12.3. The van der Waals surface area contributed by atoms with Crippen molar-refractivity contribution in [2.75, 3.05) is 13.7 Å². The van der Waals surface area contributed by atoms with Crippen LogP contribution in [-0.4, -0.2) is 40.7 Å². The Morgan fingerprint density at radius 2 is 2.25 bits per heavy atom. The van der Waals surface area contributed by atoms with Gasteiger partial charge in [0, 0.05) is 12.6 Å². The van der Waals surface area contributed by atoms with E-state index < -0.39 is 5.60 Å². The fourth-order valence-electron chi connectivity index (χ4n) is 2.65. The highest BCUT2D eigenvalue weighted by Gasteiger charge is 2.33. The van der Waals surface area contributed by atoms with Crippen LogP contribution in [-0.2, 0) is 4.84 Å². The lowest BCUT2D eigenvalue weighted by atomic mass is 10.0. The second-order valence-corrected chi connectivity index (χ2v) is 6.07. The molecule has 7 heteroatoms. The van der Waals surface area contributed by atoms with Crippen molar-refractivity contribution in [2.24, 2.45) is 5.16 Å². The summed E-state index contributed by atoms with van der Waals surface area (Å²) in [4.78, 5) is 17.7. The molecule has 1 aliphatic heterocycles. The van der Waals surface area contributed by atoms with Crippen molar-refractivity contribution in [2.45, 2.75) is 25.9 Å². The third-order valence-corrected chi connectivity index (χ3v) is 3.85. The van der Waals surface area contributed by atoms with Crippen molar-refractivity contribution in [3.05, 3.63) is 42.2 Å². The molecule has 3 rings (SSSR count). The fourth-order valence-corrected chi connectivity index (χ4v) is 2.65. The van der Waals surface area contributed by atoms with Crippen molar-refractivity contribution in [3.8, 4) is 11.4 Å². The van der Waals surface area contributed by atoms with Gasteiger partial charge in [-0.05, 0) is 26.0 Å². The summed E-state index contributed by atoms with van der Waals surface area (Å²) in [5.74, 6) is 0.484. The summed E-state index contributed by atoms with van der Waals surface area (Å²) in [6, 6.07) is 7.49. The van der Waals surface area contributed by atoms with Crippen LogP contribution in [0.2, 0.25) is 0 Å². The van der Waals surface area contributed by atoms with Crippen LogP contribution >= 0.6 is 0 Å². The molecule has 0 radical (unpaired) electrons. The van der Waals surface area contributed by atoms with Crippen LogP contribution < -0.4 is 10.1 Å². The van der Waals surface area contributed by atoms with Crippen LogP contribution in [0.5, 0.6) is 5.75 Å². The number of benzene rings is 1. The van der Waals surface area contributed by atoms with Crippen LogP contribution in [0, 0.1) is 0 Å². The van der Waals surface area contributed by atoms with Gasteiger partial charge in [-0.2, -0.15) is 5.10 Å². The molecule has 0 bridgehead atoms. The second-order valence-electron chi connectivity index (χ2n) is 6.07. The van der Waals surface area contributed by atoms with Crippen LogP contribution in [0.4, 0.5) is 0 Å². The van der Waals surface area contributed by atoms with Crippen molar-refractivity contribution in [1.82, 2.24) is 15.1 Å². The Hall–Kier alpha value is -2.83. The lowest BCUT2D eigenvalue weighted by molar-refractivity contribution is -0.00181. The molecule has 1 aromatic heterocycles. The highest BCUT2D eigenvalue weighted by molar-refractivity contribution is 5.94. The minimum absolute atomic E-state index is 0.203. The normalized spacial score (nSPS) is 19.5. The monoisotopic (exact) mass is 328 g/mol. The largest absolute Gasteiger partial charge is 0.494 e. The van der Waals surface area contributed by atoms with Crippen molar-refractivity contribution in [3.63, 3.8) is 0 Å². The maximum absolute atomic E-state index is 12.3. The Morgan fingerprint density at radius 1 is 1.46 bits per heavy atom. The third-order valence-electron chi connectivity index (χ3n) is 3.85. The minimum Gasteiger partial charge on any atom is -0.494 e. The summed E-state index contributed by atoms with van der Waals surface area (Å²) < 4.78 is 6.94. The minimum atomic E-state index is -0.488. The molecule has 0 unspecified atom stereocenters. The summed E-state index contributed by atoms with van der Waals surface area (Å²) >= 11 is 0. The first kappa shape index (κ1) is 16.0. The van der Waals surface area contributed by atoms with Gasteiger partial charge in [0.25, 0.3) is 5.91 Å². The zero-order valence-corrected chi connectivity index (χ0v) is 13.9. The van der Waals surface area contributed by atoms with E-state index in [0.29, 0.717) is 24.3 Å². The number of para-hydroxylation sites is 2. The first-order valence-corrected chi connectivity index (χ1v) is 7.69. The van der Waals surface area contributed by atoms with Gasteiger partial charge in [-0.25, -0.2) is 4.68 Å². The summed E-state index contributed by atoms with van der Waals surface area (Å²) in [7, 11) is 1.60. The van der Waals surface area contributed by atoms with Gasteiger partial charge in [0.1, 0.15) is 11.4 Å². The number of aromatic nitrogens is 2. The molecule has 126 valence electrons. The van der Waals surface area contributed by atoms with Crippen LogP contribution in [0.3, 0.4) is 0 Å². The van der Waals surface area contributed by atoms with Gasteiger partial charge in [-0.15, -0.1) is 0 Å². The van der Waals surface area contributed by atoms with E-state index in [4.69, 9.17) is 9.57 Å². The lowest BCUT2D eigenvalue weighted by Gasteiger charge is -2.21. The van der Waals surface area contributed by atoms with Gasteiger partial charge in [-0.3, -0.25) is 4.79 Å². The molecule has 1 atom stereocenters. The number of nitrogens with one attached hydrogen (secondary N) is 1. The van der Waals surface area contributed by atoms with Crippen LogP contribution in [0.1, 0.15) is 30.6 Å². The summed E-state index contributed by atoms with van der Waals surface area (Å²) in [6.45, 7) is 4.21. The molecule has 1 N–H and O–H groups in total. The van der Waals surface area contributed by atoms with Crippen molar-refractivity contribution in [1.29, 1.82) is 0 Å². The van der Waals surface area contributed by atoms with Crippen LogP contribution in [0.15, 0.2) is 41.8 Å². The zero-order valence-electron chi connectivity index (χ0n) is 13.9. The molecule has 1 amide bonds. The molecule has 1 aliphatic rings. The van der Waals surface area contributed by atoms with Gasteiger partial charge >= 0.3 is 0 Å². The molecule has 1 aromatic carbocycles. The lowest BCUT2D eigenvalue weighted by Crippen LogP contribution is -2.40. The second kappa shape index (κ2) is 6.35. The number of oxime groups is 1. The summed E-state index contributed by atoms with van der Waals surface area (Å²) in [5.41, 5.74) is 1.68. The van der Waals surface area contributed by atoms with E-state index in [1.54, 1.807) is 18.0 Å². The molecule has 2 aromatic rings. The van der Waals surface area contributed by atoms with E-state index in [1.807, 2.05) is 38.1 Å². The predicted molar refractivity (Wildman–Crippen MR) is 89.7 cm³/mol. The third kappa shape index (κ3) is 3.24. The van der Waals surface area contributed by atoms with Crippen molar-refractivity contribution >= 4 is 11.6 Å². The smallest absolute Gasteiger partial charge is 0.254 e. The van der Waals surface area contributed by atoms with E-state index in [2.05, 4.69) is 15.6 Å². The van der Waals surface area contributed by atoms with Gasteiger partial charge in [0.2, 0.25) is 0 Å². The Kier molecular flexibility index (Phi) is 4.24. The van der Waals surface area contributed by atoms with E-state index in [1.165, 1.54) is 6.20 Å². The van der Waals surface area contributed by atoms with E-state index >= 15 is 0 Å². The number of hydrogen-bond acceptors (Lipinski definition) is 5. The SMILES string of the molecule is COc1ccccc1-n1cc(C(=O)NC[C@]2(C)CC(C)=NO2)cn1. The fraction of sp³-hybridized carbons (Fsp3) is 0.353. The number of carbonyl (C=O) groups excluding carboxylic acids is 1. The molecule has 0 saturated heterocycles. The molecule has 0 spiro atoms. The molecule has 2 heterocycles. The standard InChI is InChI=1S/C17H20N4O3/c1-12-8-17(2,24-20-12)11-18-16(22)13-9-19-21(10-13)14-6-4-5-7-15(14)23-3/h4-7,9-10H,8,11H2,1-3H3,(H,18,22)/t17-/m0/s1. The molecule has 0 saturated carbocycles. The number of hydrogen-bond donors (Lipinski definition) is 1. The zero-order chi connectivity index (χ0) is 17.2.